The lowest BCUT2D eigenvalue weighted by Gasteiger charge is -2.05. The van der Waals surface area contributed by atoms with Crippen molar-refractivity contribution in [3.05, 3.63) is 42.1 Å². The summed E-state index contributed by atoms with van der Waals surface area (Å²) in [5.41, 5.74) is 6.89. The Bertz CT molecular complexity index is 456. The highest BCUT2D eigenvalue weighted by Crippen LogP contribution is 2.13. The van der Waals surface area contributed by atoms with Gasteiger partial charge in [0.15, 0.2) is 0 Å². The van der Waals surface area contributed by atoms with Crippen LogP contribution >= 0.6 is 0 Å². The van der Waals surface area contributed by atoms with Gasteiger partial charge in [-0.2, -0.15) is 0 Å². The van der Waals surface area contributed by atoms with E-state index in [2.05, 4.69) is 4.98 Å². The van der Waals surface area contributed by atoms with Crippen molar-refractivity contribution in [1.82, 2.24) is 4.98 Å². The molecule has 15 heavy (non-hydrogen) atoms. The number of hydrogen-bond acceptors (Lipinski definition) is 2. The van der Waals surface area contributed by atoms with Gasteiger partial charge < -0.3 is 5.73 Å². The largest absolute Gasteiger partial charge is 0.328 e. The van der Waals surface area contributed by atoms with E-state index in [4.69, 9.17) is 5.73 Å². The quantitative estimate of drug-likeness (QED) is 0.831. The summed E-state index contributed by atoms with van der Waals surface area (Å²) in [4.78, 5) is 4.37. The molecule has 0 bridgehead atoms. The molecule has 3 heteroatoms. The number of fused-ring (bicyclic) bond motifs is 1. The molecule has 0 amide bonds. The first-order valence-electron chi connectivity index (χ1n) is 4.98. The summed E-state index contributed by atoms with van der Waals surface area (Å²) >= 11 is 0. The van der Waals surface area contributed by atoms with Crippen LogP contribution in [0, 0.1) is 0 Å². The van der Waals surface area contributed by atoms with Crippen LogP contribution in [0.3, 0.4) is 0 Å². The number of nitrogens with two attached hydrogens (primary N) is 1. The average molecular weight is 204 g/mol. The Labute approximate surface area is 87.9 Å². The Morgan fingerprint density at radius 3 is 2.80 bits per heavy atom. The van der Waals surface area contributed by atoms with Crippen LogP contribution in [-0.4, -0.2) is 17.7 Å². The van der Waals surface area contributed by atoms with Crippen molar-refractivity contribution in [2.24, 2.45) is 5.73 Å². The van der Waals surface area contributed by atoms with Crippen LogP contribution in [-0.2, 0) is 6.42 Å². The lowest BCUT2D eigenvalue weighted by molar-refractivity contribution is 0.338. The molecule has 1 unspecified atom stereocenters. The number of rotatable bonds is 3. The van der Waals surface area contributed by atoms with Gasteiger partial charge in [0.1, 0.15) is 6.17 Å². The van der Waals surface area contributed by atoms with Gasteiger partial charge in [0, 0.05) is 24.0 Å². The number of hydrogen-bond donors (Lipinski definition) is 1. The van der Waals surface area contributed by atoms with Crippen molar-refractivity contribution in [3.8, 4) is 0 Å². The Morgan fingerprint density at radius 1 is 1.20 bits per heavy atom. The van der Waals surface area contributed by atoms with E-state index in [-0.39, 0.29) is 6.54 Å². The number of nitrogens with zero attached hydrogens (tertiary/aromatic N) is 1. The van der Waals surface area contributed by atoms with E-state index in [1.54, 1.807) is 0 Å². The van der Waals surface area contributed by atoms with Crippen LogP contribution in [0.2, 0.25) is 0 Å². The second-order valence-electron chi connectivity index (χ2n) is 3.53. The molecule has 1 atom stereocenters. The van der Waals surface area contributed by atoms with E-state index in [0.717, 1.165) is 16.6 Å². The number of pyridine rings is 1. The minimum atomic E-state index is -1.00. The van der Waals surface area contributed by atoms with Crippen LogP contribution in [0.4, 0.5) is 4.39 Å². The van der Waals surface area contributed by atoms with Gasteiger partial charge in [-0.25, -0.2) is 4.39 Å². The molecule has 0 saturated heterocycles. The molecule has 0 aliphatic rings. The molecule has 2 aromatic rings. The first-order chi connectivity index (χ1) is 7.29. The zero-order valence-electron chi connectivity index (χ0n) is 8.36. The average Bonchev–Trinajstić information content (AvgIpc) is 2.29. The van der Waals surface area contributed by atoms with Crippen molar-refractivity contribution < 1.29 is 4.39 Å². The van der Waals surface area contributed by atoms with E-state index in [1.165, 1.54) is 0 Å². The fourth-order valence-corrected chi connectivity index (χ4v) is 1.53. The summed E-state index contributed by atoms with van der Waals surface area (Å²) in [6, 6.07) is 11.6. The number of aromatic nitrogens is 1. The number of benzene rings is 1. The molecule has 2 N–H and O–H groups in total. The summed E-state index contributed by atoms with van der Waals surface area (Å²) in [6.07, 6.45) is -0.708. The zero-order chi connectivity index (χ0) is 10.7. The number of para-hydroxylation sites is 1. The fourth-order valence-electron chi connectivity index (χ4n) is 1.53. The molecule has 1 heterocycles. The van der Waals surface area contributed by atoms with E-state index in [1.807, 2.05) is 36.4 Å². The number of halogens is 1. The van der Waals surface area contributed by atoms with Gasteiger partial charge in [-0.3, -0.25) is 4.98 Å². The van der Waals surface area contributed by atoms with Gasteiger partial charge in [-0.05, 0) is 12.1 Å². The molecule has 2 nitrogen and oxygen atoms in total. The minimum Gasteiger partial charge on any atom is -0.328 e. The third kappa shape index (κ3) is 2.30. The fraction of sp³-hybridized carbons (Fsp3) is 0.250. The van der Waals surface area contributed by atoms with Crippen molar-refractivity contribution in [2.45, 2.75) is 12.6 Å². The van der Waals surface area contributed by atoms with E-state index >= 15 is 0 Å². The van der Waals surface area contributed by atoms with Crippen LogP contribution < -0.4 is 5.73 Å². The Kier molecular flexibility index (Phi) is 2.92. The molecule has 2 rings (SSSR count). The van der Waals surface area contributed by atoms with Crippen LogP contribution in [0.5, 0.6) is 0 Å². The summed E-state index contributed by atoms with van der Waals surface area (Å²) in [7, 11) is 0. The van der Waals surface area contributed by atoms with Crippen molar-refractivity contribution in [3.63, 3.8) is 0 Å². The summed E-state index contributed by atoms with van der Waals surface area (Å²) in [5, 5.41) is 1.07. The molecule has 0 radical (unpaired) electrons. The Hall–Kier alpha value is -1.48. The predicted octanol–water partition coefficient (Wildman–Crippen LogP) is 2.07. The molecule has 0 aliphatic carbocycles. The third-order valence-corrected chi connectivity index (χ3v) is 2.34. The lowest BCUT2D eigenvalue weighted by Crippen LogP contribution is -2.18. The van der Waals surface area contributed by atoms with Gasteiger partial charge in [0.25, 0.3) is 0 Å². The molecule has 0 fully saturated rings. The Morgan fingerprint density at radius 2 is 2.00 bits per heavy atom. The molecular formula is C12H13FN2. The van der Waals surface area contributed by atoms with Gasteiger partial charge in [0.2, 0.25) is 0 Å². The molecule has 1 aromatic heterocycles. The van der Waals surface area contributed by atoms with E-state index < -0.39 is 6.17 Å². The van der Waals surface area contributed by atoms with E-state index in [9.17, 15) is 4.39 Å². The molecule has 0 saturated carbocycles. The smallest absolute Gasteiger partial charge is 0.118 e. The van der Waals surface area contributed by atoms with Crippen molar-refractivity contribution in [1.29, 1.82) is 0 Å². The molecule has 0 aliphatic heterocycles. The summed E-state index contributed by atoms with van der Waals surface area (Å²) in [6.45, 7) is 0.0501. The molecular weight excluding hydrogens is 191 g/mol. The third-order valence-electron chi connectivity index (χ3n) is 2.34. The van der Waals surface area contributed by atoms with E-state index in [0.29, 0.717) is 6.42 Å². The standard InChI is InChI=1S/C12H13FN2/c13-10(8-14)7-11-6-5-9-3-1-2-4-12(9)15-11/h1-6,10H,7-8,14H2. The molecule has 1 aromatic carbocycles. The molecule has 0 spiro atoms. The topological polar surface area (TPSA) is 38.9 Å². The van der Waals surface area contributed by atoms with Gasteiger partial charge >= 0.3 is 0 Å². The highest BCUT2D eigenvalue weighted by atomic mass is 19.1. The SMILES string of the molecule is NCC(F)Cc1ccc2ccccc2n1. The predicted molar refractivity (Wildman–Crippen MR) is 59.4 cm³/mol. The van der Waals surface area contributed by atoms with Crippen LogP contribution in [0.15, 0.2) is 36.4 Å². The van der Waals surface area contributed by atoms with Crippen molar-refractivity contribution >= 4 is 10.9 Å². The zero-order valence-corrected chi connectivity index (χ0v) is 8.36. The lowest BCUT2D eigenvalue weighted by atomic mass is 10.1. The maximum atomic E-state index is 13.1. The van der Waals surface area contributed by atoms with Gasteiger partial charge in [-0.1, -0.05) is 24.3 Å². The highest BCUT2D eigenvalue weighted by molar-refractivity contribution is 5.78. The number of alkyl halides is 1. The first kappa shape index (κ1) is 10.1. The van der Waals surface area contributed by atoms with Crippen LogP contribution in [0.1, 0.15) is 5.69 Å². The highest BCUT2D eigenvalue weighted by Gasteiger charge is 2.06. The maximum Gasteiger partial charge on any atom is 0.118 e. The van der Waals surface area contributed by atoms with Gasteiger partial charge in [-0.15, -0.1) is 0 Å². The minimum absolute atomic E-state index is 0.0501. The normalized spacial score (nSPS) is 12.9. The van der Waals surface area contributed by atoms with Crippen LogP contribution in [0.25, 0.3) is 10.9 Å². The summed E-state index contributed by atoms with van der Waals surface area (Å²) in [5.74, 6) is 0. The second kappa shape index (κ2) is 4.36. The monoisotopic (exact) mass is 204 g/mol. The van der Waals surface area contributed by atoms with Gasteiger partial charge in [0.05, 0.1) is 5.52 Å². The Balaban J connectivity index is 2.30. The van der Waals surface area contributed by atoms with Crippen molar-refractivity contribution in [2.75, 3.05) is 6.54 Å². The maximum absolute atomic E-state index is 13.1. The summed E-state index contributed by atoms with van der Waals surface area (Å²) < 4.78 is 13.1. The molecule has 78 valence electrons. The first-order valence-corrected chi connectivity index (χ1v) is 4.98. The second-order valence-corrected chi connectivity index (χ2v) is 3.53.